The third kappa shape index (κ3) is 5.77. The molecule has 1 unspecified atom stereocenters. The zero-order chi connectivity index (χ0) is 19.1. The van der Waals surface area contributed by atoms with Crippen LogP contribution in [0.3, 0.4) is 0 Å². The molecule has 5 nitrogen and oxygen atoms in total. The van der Waals surface area contributed by atoms with Gasteiger partial charge in [0.05, 0.1) is 5.56 Å². The highest BCUT2D eigenvalue weighted by atomic mass is 127. The Bertz CT molecular complexity index is 826. The van der Waals surface area contributed by atoms with Gasteiger partial charge in [0, 0.05) is 20.9 Å². The smallest absolute Gasteiger partial charge is 0.258 e. The van der Waals surface area contributed by atoms with Crippen molar-refractivity contribution in [2.45, 2.75) is 26.3 Å². The molecule has 0 saturated heterocycles. The Morgan fingerprint density at radius 2 is 1.85 bits per heavy atom. The van der Waals surface area contributed by atoms with Crippen molar-refractivity contribution in [1.29, 1.82) is 0 Å². The minimum absolute atomic E-state index is 0.104. The van der Waals surface area contributed by atoms with Crippen molar-refractivity contribution in [3.63, 3.8) is 0 Å². The van der Waals surface area contributed by atoms with Crippen molar-refractivity contribution in [1.82, 2.24) is 10.6 Å². The second-order valence-electron chi connectivity index (χ2n) is 5.75. The van der Waals surface area contributed by atoms with E-state index in [2.05, 4.69) is 38.5 Å². The summed E-state index contributed by atoms with van der Waals surface area (Å²) in [7, 11) is 0. The lowest BCUT2D eigenvalue weighted by molar-refractivity contribution is 0.0937. The fraction of sp³-hybridized carbons (Fsp3) is 0.211. The quantitative estimate of drug-likeness (QED) is 0.447. The molecule has 7 heteroatoms. The van der Waals surface area contributed by atoms with Crippen molar-refractivity contribution >= 4 is 57.4 Å². The summed E-state index contributed by atoms with van der Waals surface area (Å²) >= 11 is 7.31. The van der Waals surface area contributed by atoms with E-state index < -0.39 is 0 Å². The zero-order valence-electron chi connectivity index (χ0n) is 14.5. The topological polar surface area (TPSA) is 70.2 Å². The third-order valence-corrected chi connectivity index (χ3v) is 4.86. The Balaban J connectivity index is 2.01. The minimum Gasteiger partial charge on any atom is -0.350 e. The Morgan fingerprint density at radius 1 is 1.12 bits per heavy atom. The lowest BCUT2D eigenvalue weighted by Gasteiger charge is -2.13. The first kappa shape index (κ1) is 20.3. The van der Waals surface area contributed by atoms with Gasteiger partial charge < -0.3 is 10.6 Å². The molecule has 0 heterocycles. The van der Waals surface area contributed by atoms with E-state index >= 15 is 0 Å². The molecule has 2 amide bonds. The van der Waals surface area contributed by atoms with Crippen LogP contribution in [0.5, 0.6) is 0 Å². The van der Waals surface area contributed by atoms with E-state index in [1.165, 1.54) is 0 Å². The number of benzene rings is 2. The van der Waals surface area contributed by atoms with Gasteiger partial charge in [-0.1, -0.05) is 25.1 Å². The molecule has 136 valence electrons. The van der Waals surface area contributed by atoms with Crippen LogP contribution in [0.2, 0.25) is 0 Å². The summed E-state index contributed by atoms with van der Waals surface area (Å²) in [6, 6.07) is 14.3. The number of amides is 2. The van der Waals surface area contributed by atoms with E-state index in [0.29, 0.717) is 16.8 Å². The molecule has 0 fully saturated rings. The van der Waals surface area contributed by atoms with Crippen LogP contribution in [0, 0.1) is 3.57 Å². The van der Waals surface area contributed by atoms with Gasteiger partial charge in [-0.3, -0.25) is 14.9 Å². The maximum absolute atomic E-state index is 12.3. The number of nitrogens with one attached hydrogen (secondary N) is 3. The number of hydrogen-bond acceptors (Lipinski definition) is 3. The van der Waals surface area contributed by atoms with Crippen LogP contribution in [0.1, 0.15) is 41.0 Å². The highest BCUT2D eigenvalue weighted by Gasteiger charge is 2.12. The largest absolute Gasteiger partial charge is 0.350 e. The van der Waals surface area contributed by atoms with Crippen LogP contribution in [-0.4, -0.2) is 23.0 Å². The van der Waals surface area contributed by atoms with Crippen LogP contribution >= 0.6 is 34.8 Å². The Hall–Kier alpha value is -2.00. The van der Waals surface area contributed by atoms with Gasteiger partial charge in [0.2, 0.25) is 0 Å². The van der Waals surface area contributed by atoms with E-state index in [1.807, 2.05) is 26.0 Å². The number of hydrogen-bond donors (Lipinski definition) is 3. The summed E-state index contributed by atoms with van der Waals surface area (Å²) in [5.41, 5.74) is 1.72. The highest BCUT2D eigenvalue weighted by Crippen LogP contribution is 2.13. The van der Waals surface area contributed by atoms with Gasteiger partial charge in [-0.2, -0.15) is 0 Å². The number of carbonyl (C=O) groups is 2. The molecule has 2 aromatic carbocycles. The van der Waals surface area contributed by atoms with Crippen LogP contribution < -0.4 is 16.0 Å². The molecule has 1 atom stereocenters. The van der Waals surface area contributed by atoms with Gasteiger partial charge in [0.15, 0.2) is 5.11 Å². The summed E-state index contributed by atoms with van der Waals surface area (Å²) in [4.78, 5) is 24.5. The SMILES string of the molecule is CCC(C)NC(=O)c1cccc(NC(=S)NC(=O)c2ccccc2I)c1. The average Bonchev–Trinajstić information content (AvgIpc) is 2.61. The standard InChI is InChI=1S/C19H20IN3O2S/c1-3-12(2)21-17(24)13-7-6-8-14(11-13)22-19(26)23-18(25)15-9-4-5-10-16(15)20/h4-12H,3H2,1-2H3,(H,21,24)(H2,22,23,25,26). The fourth-order valence-electron chi connectivity index (χ4n) is 2.13. The van der Waals surface area contributed by atoms with Gasteiger partial charge >= 0.3 is 0 Å². The molecule has 0 aliphatic heterocycles. The van der Waals surface area contributed by atoms with E-state index in [0.717, 1.165) is 9.99 Å². The van der Waals surface area contributed by atoms with Crippen molar-refractivity contribution in [3.8, 4) is 0 Å². The summed E-state index contributed by atoms with van der Waals surface area (Å²) < 4.78 is 0.842. The first-order chi connectivity index (χ1) is 12.4. The monoisotopic (exact) mass is 481 g/mol. The maximum atomic E-state index is 12.3. The molecule has 0 radical (unpaired) electrons. The zero-order valence-corrected chi connectivity index (χ0v) is 17.5. The molecule has 26 heavy (non-hydrogen) atoms. The summed E-state index contributed by atoms with van der Waals surface area (Å²) in [5, 5.41) is 8.68. The van der Waals surface area contributed by atoms with Crippen molar-refractivity contribution in [2.75, 3.05) is 5.32 Å². The Kier molecular flexibility index (Phi) is 7.52. The lowest BCUT2D eigenvalue weighted by Crippen LogP contribution is -2.34. The van der Waals surface area contributed by atoms with Crippen LogP contribution in [0.15, 0.2) is 48.5 Å². The highest BCUT2D eigenvalue weighted by molar-refractivity contribution is 14.1. The minimum atomic E-state index is -0.279. The van der Waals surface area contributed by atoms with Crippen LogP contribution in [0.25, 0.3) is 0 Å². The van der Waals surface area contributed by atoms with Crippen molar-refractivity contribution < 1.29 is 9.59 Å². The van der Waals surface area contributed by atoms with Crippen LogP contribution in [0.4, 0.5) is 5.69 Å². The van der Waals surface area contributed by atoms with Gasteiger partial charge in [-0.25, -0.2) is 0 Å². The predicted octanol–water partition coefficient (Wildman–Crippen LogP) is 3.95. The van der Waals surface area contributed by atoms with E-state index in [9.17, 15) is 9.59 Å². The average molecular weight is 481 g/mol. The second kappa shape index (κ2) is 9.63. The van der Waals surface area contributed by atoms with Gasteiger partial charge in [-0.15, -0.1) is 0 Å². The maximum Gasteiger partial charge on any atom is 0.258 e. The molecule has 2 rings (SSSR count). The molecule has 2 aromatic rings. The van der Waals surface area contributed by atoms with Crippen LogP contribution in [-0.2, 0) is 0 Å². The Morgan fingerprint density at radius 3 is 2.54 bits per heavy atom. The van der Waals surface area contributed by atoms with E-state index in [-0.39, 0.29) is 23.0 Å². The molecular weight excluding hydrogens is 461 g/mol. The molecular formula is C19H20IN3O2S. The number of carbonyl (C=O) groups excluding carboxylic acids is 2. The first-order valence-corrected chi connectivity index (χ1v) is 9.67. The summed E-state index contributed by atoms with van der Waals surface area (Å²) in [6.45, 7) is 3.97. The number of anilines is 1. The molecule has 0 aliphatic rings. The summed E-state index contributed by atoms with van der Waals surface area (Å²) in [5.74, 6) is -0.421. The van der Waals surface area contributed by atoms with Crippen molar-refractivity contribution in [3.05, 3.63) is 63.2 Å². The lowest BCUT2D eigenvalue weighted by atomic mass is 10.1. The number of rotatable bonds is 5. The molecule has 0 aliphatic carbocycles. The molecule has 0 aromatic heterocycles. The normalized spacial score (nSPS) is 11.3. The third-order valence-electron chi connectivity index (χ3n) is 3.72. The van der Waals surface area contributed by atoms with Gasteiger partial charge in [-0.05, 0) is 78.5 Å². The van der Waals surface area contributed by atoms with Gasteiger partial charge in [0.1, 0.15) is 0 Å². The Labute approximate surface area is 172 Å². The van der Waals surface area contributed by atoms with Crippen molar-refractivity contribution in [2.24, 2.45) is 0 Å². The molecule has 0 bridgehead atoms. The summed E-state index contributed by atoms with van der Waals surface area (Å²) in [6.07, 6.45) is 0.859. The van der Waals surface area contributed by atoms with E-state index in [4.69, 9.17) is 12.2 Å². The second-order valence-corrected chi connectivity index (χ2v) is 7.32. The molecule has 3 N–H and O–H groups in total. The fourth-order valence-corrected chi connectivity index (χ4v) is 2.97. The predicted molar refractivity (Wildman–Crippen MR) is 117 cm³/mol. The molecule has 0 spiro atoms. The first-order valence-electron chi connectivity index (χ1n) is 8.18. The van der Waals surface area contributed by atoms with E-state index in [1.54, 1.807) is 36.4 Å². The number of thiocarbonyl (C=S) groups is 1. The molecule has 0 saturated carbocycles. The number of halogens is 1. The van der Waals surface area contributed by atoms with Gasteiger partial charge in [0.25, 0.3) is 11.8 Å².